The molecule has 9 atom stereocenters. The molecule has 4 aliphatic carbocycles. The van der Waals surface area contributed by atoms with E-state index in [2.05, 4.69) is 0 Å². The molecule has 0 aromatic carbocycles. The van der Waals surface area contributed by atoms with Gasteiger partial charge in [0.2, 0.25) is 0 Å². The van der Waals surface area contributed by atoms with Crippen LogP contribution in [-0.4, -0.2) is 23.3 Å². The van der Waals surface area contributed by atoms with E-state index in [0.29, 0.717) is 5.25 Å². The standard InChI is InChI=1S/C15H22O2S/c16-14-15(1-2-17-14)6-8-4-10(15)13-7-3-9(12(8)13)11(18)5-7/h7-14,16,18H,1-6H2. The van der Waals surface area contributed by atoms with Crippen LogP contribution in [0.4, 0.5) is 0 Å². The van der Waals surface area contributed by atoms with Gasteiger partial charge in [-0.2, -0.15) is 12.6 Å². The Labute approximate surface area is 114 Å². The van der Waals surface area contributed by atoms with Crippen LogP contribution in [0.2, 0.25) is 0 Å². The smallest absolute Gasteiger partial charge is 0.160 e. The zero-order valence-electron chi connectivity index (χ0n) is 10.7. The van der Waals surface area contributed by atoms with Gasteiger partial charge in [0.15, 0.2) is 6.29 Å². The summed E-state index contributed by atoms with van der Waals surface area (Å²) in [6, 6.07) is 0. The molecule has 4 saturated carbocycles. The third-order valence-corrected chi connectivity index (χ3v) is 7.97. The SMILES string of the molecule is OC1OCCC12CC1CC2C2C3CC(S)C(C3)C12. The lowest BCUT2D eigenvalue weighted by Gasteiger charge is -2.46. The molecule has 9 unspecified atom stereocenters. The van der Waals surface area contributed by atoms with Crippen LogP contribution >= 0.6 is 12.6 Å². The maximum atomic E-state index is 10.3. The predicted molar refractivity (Wildman–Crippen MR) is 71.2 cm³/mol. The van der Waals surface area contributed by atoms with E-state index in [1.165, 1.54) is 25.7 Å². The van der Waals surface area contributed by atoms with Gasteiger partial charge in [-0.15, -0.1) is 0 Å². The van der Waals surface area contributed by atoms with Crippen LogP contribution in [-0.2, 0) is 4.74 Å². The summed E-state index contributed by atoms with van der Waals surface area (Å²) in [5.74, 6) is 5.32. The van der Waals surface area contributed by atoms with Gasteiger partial charge in [-0.1, -0.05) is 0 Å². The molecule has 4 bridgehead atoms. The van der Waals surface area contributed by atoms with Crippen LogP contribution in [0.1, 0.15) is 32.1 Å². The van der Waals surface area contributed by atoms with Crippen molar-refractivity contribution in [3.63, 3.8) is 0 Å². The number of aliphatic hydroxyl groups is 1. The molecular weight excluding hydrogens is 244 g/mol. The lowest BCUT2D eigenvalue weighted by Crippen LogP contribution is -2.45. The van der Waals surface area contributed by atoms with Gasteiger partial charge in [0, 0.05) is 10.7 Å². The predicted octanol–water partition coefficient (Wildman–Crippen LogP) is 2.32. The molecule has 1 N–H and O–H groups in total. The fraction of sp³-hybridized carbons (Fsp3) is 1.00. The lowest BCUT2D eigenvalue weighted by molar-refractivity contribution is -0.148. The molecule has 5 aliphatic rings. The van der Waals surface area contributed by atoms with Gasteiger partial charge in [0.1, 0.15) is 0 Å². The Hall–Kier alpha value is 0.270. The topological polar surface area (TPSA) is 29.5 Å². The average molecular weight is 266 g/mol. The molecule has 3 heteroatoms. The number of thiol groups is 1. The minimum absolute atomic E-state index is 0.155. The van der Waals surface area contributed by atoms with Crippen molar-refractivity contribution in [2.24, 2.45) is 40.9 Å². The summed E-state index contributed by atoms with van der Waals surface area (Å²) in [5.41, 5.74) is 0.155. The van der Waals surface area contributed by atoms with Crippen molar-refractivity contribution < 1.29 is 9.84 Å². The van der Waals surface area contributed by atoms with Gasteiger partial charge >= 0.3 is 0 Å². The molecule has 1 aliphatic heterocycles. The van der Waals surface area contributed by atoms with Crippen molar-refractivity contribution in [1.29, 1.82) is 0 Å². The Kier molecular flexibility index (Phi) is 2.01. The molecule has 0 aromatic heterocycles. The van der Waals surface area contributed by atoms with Crippen molar-refractivity contribution in [2.45, 2.75) is 43.6 Å². The highest BCUT2D eigenvalue weighted by Crippen LogP contribution is 2.74. The van der Waals surface area contributed by atoms with Gasteiger partial charge in [0.25, 0.3) is 0 Å². The second kappa shape index (κ2) is 3.29. The molecule has 0 amide bonds. The quantitative estimate of drug-likeness (QED) is 0.520. The maximum absolute atomic E-state index is 10.3. The normalized spacial score (nSPS) is 68.3. The van der Waals surface area contributed by atoms with Crippen LogP contribution in [0, 0.1) is 40.9 Å². The molecule has 5 rings (SSSR count). The summed E-state index contributed by atoms with van der Waals surface area (Å²) in [6.07, 6.45) is 6.04. The first-order valence-corrected chi connectivity index (χ1v) is 8.20. The Morgan fingerprint density at radius 3 is 2.78 bits per heavy atom. The van der Waals surface area contributed by atoms with Crippen LogP contribution in [0.3, 0.4) is 0 Å². The minimum Gasteiger partial charge on any atom is -0.367 e. The number of rotatable bonds is 0. The van der Waals surface area contributed by atoms with E-state index in [9.17, 15) is 5.11 Å². The number of hydrogen-bond donors (Lipinski definition) is 2. The molecule has 100 valence electrons. The Morgan fingerprint density at radius 2 is 2.00 bits per heavy atom. The van der Waals surface area contributed by atoms with E-state index in [1.54, 1.807) is 0 Å². The van der Waals surface area contributed by atoms with Crippen molar-refractivity contribution in [3.8, 4) is 0 Å². The van der Waals surface area contributed by atoms with E-state index in [4.69, 9.17) is 17.4 Å². The zero-order chi connectivity index (χ0) is 12.1. The van der Waals surface area contributed by atoms with E-state index in [0.717, 1.165) is 48.5 Å². The summed E-state index contributed by atoms with van der Waals surface area (Å²) < 4.78 is 5.53. The average Bonchev–Trinajstić information content (AvgIpc) is 3.05. The molecule has 1 saturated heterocycles. The number of fused-ring (bicyclic) bond motifs is 10. The van der Waals surface area contributed by atoms with Crippen molar-refractivity contribution in [1.82, 2.24) is 0 Å². The number of aliphatic hydroxyl groups excluding tert-OH is 1. The Balaban J connectivity index is 1.53. The molecule has 1 spiro atoms. The van der Waals surface area contributed by atoms with E-state index in [-0.39, 0.29) is 5.41 Å². The van der Waals surface area contributed by atoms with Crippen LogP contribution < -0.4 is 0 Å². The summed E-state index contributed by atoms with van der Waals surface area (Å²) in [4.78, 5) is 0. The first kappa shape index (κ1) is 11.0. The molecule has 5 fully saturated rings. The van der Waals surface area contributed by atoms with Gasteiger partial charge in [0.05, 0.1) is 6.61 Å². The third kappa shape index (κ3) is 1.04. The summed E-state index contributed by atoms with van der Waals surface area (Å²) >= 11 is 4.82. The van der Waals surface area contributed by atoms with Gasteiger partial charge in [-0.05, 0) is 67.6 Å². The first-order valence-electron chi connectivity index (χ1n) is 7.68. The van der Waals surface area contributed by atoms with Crippen molar-refractivity contribution in [2.75, 3.05) is 6.61 Å². The number of hydrogen-bond acceptors (Lipinski definition) is 3. The Bertz CT molecular complexity index is 400. The molecule has 1 heterocycles. The first-order chi connectivity index (χ1) is 8.71. The Morgan fingerprint density at radius 1 is 1.11 bits per heavy atom. The lowest BCUT2D eigenvalue weighted by atomic mass is 9.60. The van der Waals surface area contributed by atoms with Gasteiger partial charge < -0.3 is 9.84 Å². The summed E-state index contributed by atoms with van der Waals surface area (Å²) in [7, 11) is 0. The van der Waals surface area contributed by atoms with E-state index < -0.39 is 6.29 Å². The monoisotopic (exact) mass is 266 g/mol. The highest BCUT2D eigenvalue weighted by Gasteiger charge is 2.70. The molecule has 0 aromatic rings. The van der Waals surface area contributed by atoms with Crippen LogP contribution in [0.5, 0.6) is 0 Å². The van der Waals surface area contributed by atoms with Crippen LogP contribution in [0.25, 0.3) is 0 Å². The fourth-order valence-corrected chi connectivity index (χ4v) is 7.61. The summed E-state index contributed by atoms with van der Waals surface area (Å²) in [5, 5.41) is 11.0. The minimum atomic E-state index is -0.459. The second-order valence-electron chi connectivity index (χ2n) is 7.63. The van der Waals surface area contributed by atoms with Crippen molar-refractivity contribution in [3.05, 3.63) is 0 Å². The van der Waals surface area contributed by atoms with Crippen LogP contribution in [0.15, 0.2) is 0 Å². The van der Waals surface area contributed by atoms with E-state index in [1.807, 2.05) is 0 Å². The maximum Gasteiger partial charge on any atom is 0.160 e. The van der Waals surface area contributed by atoms with Crippen molar-refractivity contribution >= 4 is 12.6 Å². The largest absolute Gasteiger partial charge is 0.367 e. The second-order valence-corrected chi connectivity index (χ2v) is 8.29. The molecule has 0 radical (unpaired) electrons. The van der Waals surface area contributed by atoms with Gasteiger partial charge in [-0.3, -0.25) is 0 Å². The van der Waals surface area contributed by atoms with Gasteiger partial charge in [-0.25, -0.2) is 0 Å². The number of ether oxygens (including phenoxy) is 1. The molecular formula is C15H22O2S. The fourth-order valence-electron chi connectivity index (χ4n) is 7.01. The zero-order valence-corrected chi connectivity index (χ0v) is 11.6. The third-order valence-electron chi connectivity index (χ3n) is 7.38. The molecule has 2 nitrogen and oxygen atoms in total. The summed E-state index contributed by atoms with van der Waals surface area (Å²) in [6.45, 7) is 0.783. The highest BCUT2D eigenvalue weighted by molar-refractivity contribution is 7.81. The molecule has 18 heavy (non-hydrogen) atoms. The highest BCUT2D eigenvalue weighted by atomic mass is 32.1. The van der Waals surface area contributed by atoms with E-state index >= 15 is 0 Å².